The number of carbonyl (C=O) groups excluding carboxylic acids is 1. The Kier molecular flexibility index (Phi) is 4.26. The molecule has 0 aliphatic rings. The van der Waals surface area contributed by atoms with Crippen LogP contribution in [0.3, 0.4) is 0 Å². The standard InChI is InChI=1S/C13H17NO3/c1-8-4-9(2)6-11(5-8)7-12(15)14-10(3)13(16)17/h4-6,10H,7H2,1-3H3,(H,14,15)(H,16,17)/t10-/m0/s1. The van der Waals surface area contributed by atoms with Gasteiger partial charge in [-0.25, -0.2) is 0 Å². The predicted octanol–water partition coefficient (Wildman–Crippen LogP) is 1.44. The van der Waals surface area contributed by atoms with Gasteiger partial charge in [0.25, 0.3) is 0 Å². The van der Waals surface area contributed by atoms with E-state index < -0.39 is 12.0 Å². The molecule has 2 N–H and O–H groups in total. The topological polar surface area (TPSA) is 66.4 Å². The second-order valence-corrected chi connectivity index (χ2v) is 4.30. The van der Waals surface area contributed by atoms with Gasteiger partial charge in [-0.1, -0.05) is 29.3 Å². The summed E-state index contributed by atoms with van der Waals surface area (Å²) in [6.45, 7) is 5.38. The van der Waals surface area contributed by atoms with Crippen LogP contribution < -0.4 is 5.32 Å². The lowest BCUT2D eigenvalue weighted by molar-refractivity contribution is -0.141. The highest BCUT2D eigenvalue weighted by Gasteiger charge is 2.14. The lowest BCUT2D eigenvalue weighted by Gasteiger charge is -2.10. The van der Waals surface area contributed by atoms with Crippen molar-refractivity contribution in [3.8, 4) is 0 Å². The zero-order valence-electron chi connectivity index (χ0n) is 10.3. The van der Waals surface area contributed by atoms with Gasteiger partial charge in [-0.3, -0.25) is 9.59 Å². The summed E-state index contributed by atoms with van der Waals surface area (Å²) in [4.78, 5) is 22.2. The van der Waals surface area contributed by atoms with Crippen LogP contribution in [0.5, 0.6) is 0 Å². The summed E-state index contributed by atoms with van der Waals surface area (Å²) in [7, 11) is 0. The summed E-state index contributed by atoms with van der Waals surface area (Å²) in [6.07, 6.45) is 0.208. The van der Waals surface area contributed by atoms with E-state index in [4.69, 9.17) is 5.11 Å². The molecule has 1 rings (SSSR count). The third-order valence-corrected chi connectivity index (χ3v) is 2.39. The Morgan fingerprint density at radius 3 is 2.24 bits per heavy atom. The number of benzene rings is 1. The molecule has 1 amide bonds. The fraction of sp³-hybridized carbons (Fsp3) is 0.385. The Hall–Kier alpha value is -1.84. The van der Waals surface area contributed by atoms with Crippen molar-refractivity contribution < 1.29 is 14.7 Å². The quantitative estimate of drug-likeness (QED) is 0.829. The third kappa shape index (κ3) is 4.26. The highest BCUT2D eigenvalue weighted by Crippen LogP contribution is 2.09. The minimum absolute atomic E-state index is 0.208. The molecule has 1 aromatic rings. The first-order valence-electron chi connectivity index (χ1n) is 5.48. The molecule has 0 spiro atoms. The first-order valence-corrected chi connectivity index (χ1v) is 5.48. The third-order valence-electron chi connectivity index (χ3n) is 2.39. The van der Waals surface area contributed by atoms with Crippen molar-refractivity contribution in [2.45, 2.75) is 33.2 Å². The Balaban J connectivity index is 2.65. The molecular weight excluding hydrogens is 218 g/mol. The highest BCUT2D eigenvalue weighted by molar-refractivity contribution is 5.84. The number of carboxylic acids is 1. The van der Waals surface area contributed by atoms with Crippen LogP contribution in [0.15, 0.2) is 18.2 Å². The fourth-order valence-corrected chi connectivity index (χ4v) is 1.71. The smallest absolute Gasteiger partial charge is 0.325 e. The first kappa shape index (κ1) is 13.2. The Bertz CT molecular complexity index is 420. The average molecular weight is 235 g/mol. The molecule has 0 fully saturated rings. The number of aryl methyl sites for hydroxylation is 2. The van der Waals surface area contributed by atoms with Gasteiger partial charge in [-0.05, 0) is 26.3 Å². The molecule has 4 nitrogen and oxygen atoms in total. The SMILES string of the molecule is Cc1cc(C)cc(CC(=O)N[C@@H](C)C(=O)O)c1. The Morgan fingerprint density at radius 1 is 1.24 bits per heavy atom. The molecule has 0 saturated heterocycles. The van der Waals surface area contributed by atoms with Crippen LogP contribution >= 0.6 is 0 Å². The van der Waals surface area contributed by atoms with Crippen molar-refractivity contribution in [2.24, 2.45) is 0 Å². The molecule has 1 aromatic carbocycles. The van der Waals surface area contributed by atoms with Crippen molar-refractivity contribution in [3.63, 3.8) is 0 Å². The van der Waals surface area contributed by atoms with Gasteiger partial charge in [0.1, 0.15) is 6.04 Å². The summed E-state index contributed by atoms with van der Waals surface area (Å²) in [5, 5.41) is 11.1. The van der Waals surface area contributed by atoms with Gasteiger partial charge < -0.3 is 10.4 Å². The van der Waals surface area contributed by atoms with E-state index in [1.165, 1.54) is 6.92 Å². The largest absolute Gasteiger partial charge is 0.480 e. The van der Waals surface area contributed by atoms with Crippen LogP contribution in [0.2, 0.25) is 0 Å². The number of carbonyl (C=O) groups is 2. The van der Waals surface area contributed by atoms with Crippen molar-refractivity contribution in [3.05, 3.63) is 34.9 Å². The lowest BCUT2D eigenvalue weighted by Crippen LogP contribution is -2.39. The van der Waals surface area contributed by atoms with E-state index in [2.05, 4.69) is 5.32 Å². The van der Waals surface area contributed by atoms with Crippen molar-refractivity contribution >= 4 is 11.9 Å². The molecule has 0 aliphatic heterocycles. The molecule has 0 saturated carbocycles. The molecular formula is C13H17NO3. The highest BCUT2D eigenvalue weighted by atomic mass is 16.4. The van der Waals surface area contributed by atoms with Crippen molar-refractivity contribution in [1.29, 1.82) is 0 Å². The summed E-state index contributed by atoms with van der Waals surface area (Å²) in [5.41, 5.74) is 3.09. The second kappa shape index (κ2) is 5.48. The lowest BCUT2D eigenvalue weighted by atomic mass is 10.0. The van der Waals surface area contributed by atoms with Crippen LogP contribution in [0.25, 0.3) is 0 Å². The maximum Gasteiger partial charge on any atom is 0.325 e. The van der Waals surface area contributed by atoms with Gasteiger partial charge in [-0.15, -0.1) is 0 Å². The molecule has 1 atom stereocenters. The van der Waals surface area contributed by atoms with Gasteiger partial charge in [-0.2, -0.15) is 0 Å². The zero-order chi connectivity index (χ0) is 13.0. The van der Waals surface area contributed by atoms with Gasteiger partial charge in [0.15, 0.2) is 0 Å². The number of rotatable bonds is 4. The molecule has 0 unspecified atom stereocenters. The van der Waals surface area contributed by atoms with Crippen LogP contribution in [0.4, 0.5) is 0 Å². The fourth-order valence-electron chi connectivity index (χ4n) is 1.71. The van der Waals surface area contributed by atoms with Crippen LogP contribution in [-0.2, 0) is 16.0 Å². The summed E-state index contributed by atoms with van der Waals surface area (Å²) < 4.78 is 0. The molecule has 0 radical (unpaired) electrons. The molecule has 0 aliphatic carbocycles. The van der Waals surface area contributed by atoms with E-state index in [0.29, 0.717) is 0 Å². The van der Waals surface area contributed by atoms with E-state index in [9.17, 15) is 9.59 Å². The van der Waals surface area contributed by atoms with E-state index in [1.807, 2.05) is 32.0 Å². The number of amides is 1. The Morgan fingerprint density at radius 2 is 1.76 bits per heavy atom. The normalized spacial score (nSPS) is 11.9. The van der Waals surface area contributed by atoms with Gasteiger partial charge in [0.05, 0.1) is 6.42 Å². The van der Waals surface area contributed by atoms with E-state index in [1.54, 1.807) is 0 Å². The monoisotopic (exact) mass is 235 g/mol. The zero-order valence-corrected chi connectivity index (χ0v) is 10.3. The van der Waals surface area contributed by atoms with Crippen molar-refractivity contribution in [1.82, 2.24) is 5.32 Å². The molecule has 4 heteroatoms. The molecule has 92 valence electrons. The van der Waals surface area contributed by atoms with Gasteiger partial charge >= 0.3 is 5.97 Å². The van der Waals surface area contributed by atoms with Gasteiger partial charge in [0, 0.05) is 0 Å². The minimum Gasteiger partial charge on any atom is -0.480 e. The van der Waals surface area contributed by atoms with Gasteiger partial charge in [0.2, 0.25) is 5.91 Å². The molecule has 0 heterocycles. The minimum atomic E-state index is -1.03. The molecule has 0 aromatic heterocycles. The van der Waals surface area contributed by atoms with E-state index in [0.717, 1.165) is 16.7 Å². The maximum atomic E-state index is 11.6. The first-order chi connectivity index (χ1) is 7.88. The second-order valence-electron chi connectivity index (χ2n) is 4.30. The predicted molar refractivity (Wildman–Crippen MR) is 64.9 cm³/mol. The number of hydrogen-bond acceptors (Lipinski definition) is 2. The maximum absolute atomic E-state index is 11.6. The number of carboxylic acid groups (broad SMARTS) is 1. The number of aliphatic carboxylic acids is 1. The molecule has 17 heavy (non-hydrogen) atoms. The Labute approximate surface area is 101 Å². The van der Waals surface area contributed by atoms with Crippen LogP contribution in [0, 0.1) is 13.8 Å². The van der Waals surface area contributed by atoms with Crippen LogP contribution in [-0.4, -0.2) is 23.0 Å². The average Bonchev–Trinajstić information content (AvgIpc) is 2.14. The van der Waals surface area contributed by atoms with E-state index in [-0.39, 0.29) is 12.3 Å². The molecule has 0 bridgehead atoms. The summed E-state index contributed by atoms with van der Waals surface area (Å²) in [5.74, 6) is -1.30. The summed E-state index contributed by atoms with van der Waals surface area (Å²) >= 11 is 0. The number of nitrogens with one attached hydrogen (secondary N) is 1. The van der Waals surface area contributed by atoms with E-state index >= 15 is 0 Å². The summed E-state index contributed by atoms with van der Waals surface area (Å²) in [6, 6.07) is 5.03. The van der Waals surface area contributed by atoms with Crippen LogP contribution in [0.1, 0.15) is 23.6 Å². The van der Waals surface area contributed by atoms with Crippen molar-refractivity contribution in [2.75, 3.05) is 0 Å². The number of hydrogen-bond donors (Lipinski definition) is 2.